The molecule has 0 fully saturated rings. The van der Waals surface area contributed by atoms with Gasteiger partial charge in [-0.1, -0.05) is 36.4 Å². The van der Waals surface area contributed by atoms with Gasteiger partial charge in [0.2, 0.25) is 0 Å². The minimum absolute atomic E-state index is 0. The Morgan fingerprint density at radius 2 is 1.37 bits per heavy atom. The number of aromatic hydroxyl groups is 1. The third kappa shape index (κ3) is 11.3. The third-order valence-corrected chi connectivity index (χ3v) is 9.79. The van der Waals surface area contributed by atoms with E-state index in [0.717, 1.165) is 42.5 Å². The van der Waals surface area contributed by atoms with E-state index in [1.165, 1.54) is 18.2 Å². The predicted molar refractivity (Wildman–Crippen MR) is 160 cm³/mol. The largest absolute Gasteiger partial charge is 1.00 e. The normalized spacial score (nSPS) is 11.6. The van der Waals surface area contributed by atoms with Gasteiger partial charge in [-0.2, -0.15) is 4.33 Å². The van der Waals surface area contributed by atoms with Crippen LogP contribution in [0.5, 0.6) is 5.75 Å². The summed E-state index contributed by atoms with van der Waals surface area (Å²) in [6.07, 6.45) is 0. The second kappa shape index (κ2) is 20.0. The van der Waals surface area contributed by atoms with E-state index in [2.05, 4.69) is 24.9 Å². The number of hydrogen-bond donors (Lipinski definition) is 2. The first-order chi connectivity index (χ1) is 22.5. The van der Waals surface area contributed by atoms with Crippen LogP contribution in [0.2, 0.25) is 0 Å². The molecule has 17 nitrogen and oxygen atoms in total. The maximum Gasteiger partial charge on any atom is 1.00 e. The van der Waals surface area contributed by atoms with Crippen LogP contribution >= 0.6 is 12.0 Å². The molecule has 0 aliphatic rings. The summed E-state index contributed by atoms with van der Waals surface area (Å²) in [5.41, 5.74) is -1.90. The summed E-state index contributed by atoms with van der Waals surface area (Å²) in [5.74, 6) is -1.78. The fourth-order valence-corrected chi connectivity index (χ4v) is 7.28. The van der Waals surface area contributed by atoms with Crippen molar-refractivity contribution in [2.45, 2.75) is 19.6 Å². The number of phenolic OH excluding ortho intramolecular Hbond substituents is 1. The third-order valence-electron chi connectivity index (χ3n) is 6.56. The van der Waals surface area contributed by atoms with Crippen LogP contribution in [0, 0.1) is 0 Å². The smallest absolute Gasteiger partial charge is 0.744 e. The number of fused-ring (bicyclic) bond motifs is 2. The molecular weight excluding hydrogens is 811 g/mol. The van der Waals surface area contributed by atoms with Gasteiger partial charge in [0, 0.05) is 26.6 Å². The number of nitrogens with one attached hydrogen (secondary N) is 1. The van der Waals surface area contributed by atoms with E-state index in [1.807, 2.05) is 0 Å². The second-order valence-corrected chi connectivity index (χ2v) is 14.3. The van der Waals surface area contributed by atoms with Gasteiger partial charge in [-0.25, -0.2) is 25.3 Å². The molecule has 0 bridgehead atoms. The molecule has 1 amide bonds. The number of benzene rings is 5. The molecule has 0 aromatic heterocycles. The number of carbonyl (C=O) groups excluding carboxylic acids is 1. The van der Waals surface area contributed by atoms with Gasteiger partial charge in [0.15, 0.2) is 5.75 Å². The van der Waals surface area contributed by atoms with Crippen LogP contribution in [0.25, 0.3) is 21.5 Å². The number of amides is 1. The first kappa shape index (κ1) is 49.5. The number of phenols is 1. The van der Waals surface area contributed by atoms with E-state index in [-0.39, 0.29) is 145 Å². The van der Waals surface area contributed by atoms with Crippen LogP contribution in [0.4, 0.5) is 17.1 Å². The van der Waals surface area contributed by atoms with Gasteiger partial charge in [-0.3, -0.25) is 9.83 Å². The summed E-state index contributed by atoms with van der Waals surface area (Å²) in [7, 11) is -16.2. The maximum atomic E-state index is 13.0. The fraction of sp³-hybridized carbons (Fsp3) is 0. The molecule has 0 aliphatic heterocycles. The quantitative estimate of drug-likeness (QED) is 0.0330. The summed E-state index contributed by atoms with van der Waals surface area (Å²) in [4.78, 5) is 9.83. The number of carbonyl (C=O) groups is 1. The zero-order valence-corrected chi connectivity index (χ0v) is 38.6. The van der Waals surface area contributed by atoms with Crippen LogP contribution in [0.3, 0.4) is 0 Å². The number of anilines is 1. The molecule has 250 valence electrons. The molecule has 52 heavy (non-hydrogen) atoms. The summed E-state index contributed by atoms with van der Waals surface area (Å²) in [6, 6.07) is 15.4. The van der Waals surface area contributed by atoms with Crippen molar-refractivity contribution < 1.29 is 182 Å². The summed E-state index contributed by atoms with van der Waals surface area (Å²) >= 11 is 0.330. The summed E-state index contributed by atoms with van der Waals surface area (Å²) < 4.78 is 113. The Labute approximate surface area is 388 Å². The Hall–Kier alpha value is -0.550. The number of azo groups is 1. The van der Waals surface area contributed by atoms with Crippen LogP contribution in [0.15, 0.2) is 109 Å². The van der Waals surface area contributed by atoms with Crippen molar-refractivity contribution >= 4 is 86.9 Å². The zero-order chi connectivity index (χ0) is 35.0. The van der Waals surface area contributed by atoms with Crippen molar-refractivity contribution in [2.24, 2.45) is 10.2 Å². The molecule has 5 aromatic carbocycles. The maximum absolute atomic E-state index is 13.0. The molecule has 0 heterocycles. The molecule has 0 saturated heterocycles. The van der Waals surface area contributed by atoms with Crippen molar-refractivity contribution in [1.82, 2.24) is 0 Å². The number of nitrogens with zero attached hydrogens (tertiary/aromatic N) is 2. The van der Waals surface area contributed by atoms with Gasteiger partial charge in [-0.15, -0.1) is 10.2 Å². The van der Waals surface area contributed by atoms with Gasteiger partial charge in [0.1, 0.15) is 41.7 Å². The van der Waals surface area contributed by atoms with Crippen LogP contribution in [0.1, 0.15) is 10.4 Å². The molecule has 25 heteroatoms. The van der Waals surface area contributed by atoms with E-state index in [4.69, 9.17) is 0 Å². The SMILES string of the molecule is O=C(Nc1cc(SOO[O-])cc2cc(S(=O)(=O)[O-])c(N=Nc3ccc4c(S(=O)(=O)[O-])cccc4c3S(=O)(=O)[O-])c(O)c12)c1ccccc1.[Na+].[Na+].[Na+].[Na+]. The molecule has 0 unspecified atom stereocenters. The minimum Gasteiger partial charge on any atom is -0.744 e. The second-order valence-electron chi connectivity index (χ2n) is 9.51. The summed E-state index contributed by atoms with van der Waals surface area (Å²) in [5, 5.41) is 33.3. The summed E-state index contributed by atoms with van der Waals surface area (Å²) in [6.45, 7) is 0. The van der Waals surface area contributed by atoms with E-state index >= 15 is 0 Å². The van der Waals surface area contributed by atoms with Crippen molar-refractivity contribution in [1.29, 1.82) is 0 Å². The van der Waals surface area contributed by atoms with Crippen molar-refractivity contribution in [2.75, 3.05) is 5.32 Å². The number of rotatable bonds is 10. The molecule has 0 saturated carbocycles. The Balaban J connectivity index is 0.00000338. The van der Waals surface area contributed by atoms with Crippen molar-refractivity contribution in [3.05, 3.63) is 84.4 Å². The van der Waals surface area contributed by atoms with E-state index < -0.39 is 78.8 Å². The van der Waals surface area contributed by atoms with Crippen molar-refractivity contribution in [3.8, 4) is 5.75 Å². The Kier molecular flexibility index (Phi) is 19.1. The van der Waals surface area contributed by atoms with Crippen LogP contribution in [-0.2, 0) is 39.7 Å². The molecule has 5 rings (SSSR count). The Morgan fingerprint density at radius 1 is 0.731 bits per heavy atom. The first-order valence-electron chi connectivity index (χ1n) is 12.7. The average molecular weight is 826 g/mol. The zero-order valence-electron chi connectivity index (χ0n) is 27.3. The number of hydrogen-bond acceptors (Lipinski definition) is 17. The molecule has 0 atom stereocenters. The van der Waals surface area contributed by atoms with Gasteiger partial charge in [0.25, 0.3) is 5.91 Å². The molecule has 0 aliphatic carbocycles. The molecule has 2 N–H and O–H groups in total. The molecule has 5 aromatic rings. The van der Waals surface area contributed by atoms with E-state index in [0.29, 0.717) is 12.0 Å². The topological polar surface area (TPSA) is 287 Å². The van der Waals surface area contributed by atoms with Crippen molar-refractivity contribution in [3.63, 3.8) is 0 Å². The minimum atomic E-state index is -5.51. The fourth-order valence-electron chi connectivity index (χ4n) is 4.68. The molecule has 0 spiro atoms. The van der Waals surface area contributed by atoms with Gasteiger partial charge >= 0.3 is 118 Å². The van der Waals surface area contributed by atoms with Crippen LogP contribution < -0.4 is 129 Å². The van der Waals surface area contributed by atoms with E-state index in [1.54, 1.807) is 18.2 Å². The monoisotopic (exact) mass is 825 g/mol. The predicted octanol–water partition coefficient (Wildman–Crippen LogP) is -8.67. The molecule has 0 radical (unpaired) electrons. The average Bonchev–Trinajstić information content (AvgIpc) is 3.01. The van der Waals surface area contributed by atoms with Gasteiger partial charge in [0.05, 0.1) is 32.4 Å². The Morgan fingerprint density at radius 3 is 1.94 bits per heavy atom. The van der Waals surface area contributed by atoms with Crippen LogP contribution in [-0.4, -0.2) is 49.9 Å². The van der Waals surface area contributed by atoms with Gasteiger partial charge in [-0.05, 0) is 47.9 Å². The molecular formula is C27H15N3Na4O14S4. The Bertz CT molecular complexity index is 2490. The first-order valence-corrected chi connectivity index (χ1v) is 17.7. The standard InChI is InChI=1S/C27H19N3O14S4.4Na/c31-25-23-15(11-16(45-44-43-33)13-20(23)28-27(32)14-5-2-1-3-6-14)12-22(47(37,38)39)24(25)30-29-19-10-9-17-18(26(19)48(40,41)42)7-4-8-21(17)46(34,35)36;;;;/h1-13,31,33H,(H,28,32)(H,34,35,36)(H,37,38,39)(H,40,41,42);;;;/q;4*+1/p-4. The van der Waals surface area contributed by atoms with Gasteiger partial charge < -0.3 is 29.3 Å². The van der Waals surface area contributed by atoms with E-state index in [9.17, 15) is 54.1 Å².